The van der Waals surface area contributed by atoms with Crippen LogP contribution in [-0.2, 0) is 5.88 Å². The zero-order chi connectivity index (χ0) is 18.7. The summed E-state index contributed by atoms with van der Waals surface area (Å²) in [5.41, 5.74) is 1.55. The van der Waals surface area contributed by atoms with Crippen molar-refractivity contribution in [1.82, 2.24) is 0 Å². The van der Waals surface area contributed by atoms with Crippen molar-refractivity contribution in [1.29, 1.82) is 0 Å². The summed E-state index contributed by atoms with van der Waals surface area (Å²) in [7, 11) is 0. The summed E-state index contributed by atoms with van der Waals surface area (Å²) in [6, 6.07) is 14.9. The van der Waals surface area contributed by atoms with E-state index in [1.165, 1.54) is 6.92 Å². The Hall–Kier alpha value is -2.59. The van der Waals surface area contributed by atoms with Gasteiger partial charge in [-0.05, 0) is 56.5 Å². The van der Waals surface area contributed by atoms with Gasteiger partial charge in [0.25, 0.3) is 0 Å². The van der Waals surface area contributed by atoms with Gasteiger partial charge in [-0.15, -0.1) is 11.6 Å². The number of benzene rings is 2. The van der Waals surface area contributed by atoms with Crippen molar-refractivity contribution in [3.8, 4) is 5.75 Å². The Labute approximate surface area is 157 Å². The number of halogens is 1. The zero-order valence-corrected chi connectivity index (χ0v) is 15.7. The first-order chi connectivity index (χ1) is 12.5. The van der Waals surface area contributed by atoms with E-state index in [0.29, 0.717) is 28.3 Å². The number of hydrogen-bond donors (Lipinski definition) is 0. The number of ketones is 1. The van der Waals surface area contributed by atoms with Gasteiger partial charge in [-0.3, -0.25) is 4.79 Å². The molecule has 4 nitrogen and oxygen atoms in total. The second kappa shape index (κ2) is 7.75. The standard InChI is InChI=1S/C21H20ClNO3/c1-13(2)25-20-9-8-15(14(3)24)11-19(20)23-21-18-7-5-4-6-16(18)10-17(12-22)26-21/h4-11,13H,12H2,1-3H3/b23-21-. The Morgan fingerprint density at radius 2 is 1.96 bits per heavy atom. The molecular formula is C21H20ClNO3. The summed E-state index contributed by atoms with van der Waals surface area (Å²) >= 11 is 5.96. The molecular weight excluding hydrogens is 350 g/mol. The minimum absolute atomic E-state index is 0.0185. The Morgan fingerprint density at radius 1 is 1.19 bits per heavy atom. The number of nitrogens with zero attached hydrogens (tertiary/aromatic N) is 1. The summed E-state index contributed by atoms with van der Waals surface area (Å²) in [6.07, 6.45) is -0.0185. The Bertz CT molecular complexity index is 1020. The van der Waals surface area contributed by atoms with Crippen molar-refractivity contribution >= 4 is 33.8 Å². The van der Waals surface area contributed by atoms with E-state index >= 15 is 0 Å². The van der Waals surface area contributed by atoms with Crippen LogP contribution in [-0.4, -0.2) is 11.9 Å². The molecule has 0 spiro atoms. The van der Waals surface area contributed by atoms with E-state index in [2.05, 4.69) is 4.99 Å². The van der Waals surface area contributed by atoms with Crippen LogP contribution < -0.4 is 10.3 Å². The average Bonchev–Trinajstić information content (AvgIpc) is 2.62. The molecule has 0 saturated heterocycles. The van der Waals surface area contributed by atoms with Crippen molar-refractivity contribution in [2.24, 2.45) is 4.99 Å². The van der Waals surface area contributed by atoms with E-state index in [1.807, 2.05) is 44.2 Å². The van der Waals surface area contributed by atoms with Crippen LogP contribution in [0.4, 0.5) is 5.69 Å². The predicted octanol–water partition coefficient (Wildman–Crippen LogP) is 5.39. The summed E-state index contributed by atoms with van der Waals surface area (Å²) in [6.45, 7) is 5.41. The van der Waals surface area contributed by atoms with Gasteiger partial charge in [0.05, 0.1) is 12.0 Å². The van der Waals surface area contributed by atoms with Crippen LogP contribution in [0.3, 0.4) is 0 Å². The first-order valence-electron chi connectivity index (χ1n) is 8.42. The quantitative estimate of drug-likeness (QED) is 0.447. The van der Waals surface area contributed by atoms with Crippen LogP contribution in [0, 0.1) is 0 Å². The average molecular weight is 370 g/mol. The van der Waals surface area contributed by atoms with Gasteiger partial charge in [0, 0.05) is 10.9 Å². The van der Waals surface area contributed by atoms with Crippen molar-refractivity contribution < 1.29 is 13.9 Å². The second-order valence-electron chi connectivity index (χ2n) is 6.26. The lowest BCUT2D eigenvalue weighted by Gasteiger charge is -2.12. The normalized spacial score (nSPS) is 12.0. The van der Waals surface area contributed by atoms with Crippen LogP contribution in [0.15, 0.2) is 57.9 Å². The maximum Gasteiger partial charge on any atom is 0.227 e. The van der Waals surface area contributed by atoms with Crippen molar-refractivity contribution in [2.75, 3.05) is 0 Å². The fourth-order valence-corrected chi connectivity index (χ4v) is 2.77. The van der Waals surface area contributed by atoms with Gasteiger partial charge < -0.3 is 9.15 Å². The largest absolute Gasteiger partial charge is 0.489 e. The van der Waals surface area contributed by atoms with Crippen LogP contribution in [0.1, 0.15) is 36.9 Å². The third kappa shape index (κ3) is 3.97. The molecule has 0 N–H and O–H groups in total. The molecule has 2 aromatic carbocycles. The van der Waals surface area contributed by atoms with Gasteiger partial charge in [-0.25, -0.2) is 4.99 Å². The van der Waals surface area contributed by atoms with Crippen molar-refractivity contribution in [3.05, 3.63) is 65.4 Å². The molecule has 0 bridgehead atoms. The number of carbonyl (C=O) groups excluding carboxylic acids is 1. The van der Waals surface area contributed by atoms with Gasteiger partial charge in [-0.1, -0.05) is 18.2 Å². The number of fused-ring (bicyclic) bond motifs is 1. The smallest absolute Gasteiger partial charge is 0.227 e. The summed E-state index contributed by atoms with van der Waals surface area (Å²) < 4.78 is 11.7. The zero-order valence-electron chi connectivity index (χ0n) is 15.0. The van der Waals surface area contributed by atoms with Crippen LogP contribution in [0.25, 0.3) is 10.8 Å². The Kier molecular flexibility index (Phi) is 5.43. The Morgan fingerprint density at radius 3 is 2.65 bits per heavy atom. The molecule has 0 radical (unpaired) electrons. The molecule has 0 aliphatic rings. The predicted molar refractivity (Wildman–Crippen MR) is 103 cm³/mol. The molecule has 0 saturated carbocycles. The molecule has 0 atom stereocenters. The lowest BCUT2D eigenvalue weighted by atomic mass is 10.1. The van der Waals surface area contributed by atoms with Gasteiger partial charge in [0.15, 0.2) is 5.78 Å². The van der Waals surface area contributed by atoms with Gasteiger partial charge in [0.2, 0.25) is 5.55 Å². The highest BCUT2D eigenvalue weighted by Crippen LogP contribution is 2.30. The summed E-state index contributed by atoms with van der Waals surface area (Å²) in [5.74, 6) is 1.43. The monoisotopic (exact) mass is 369 g/mol. The first kappa shape index (κ1) is 18.2. The van der Waals surface area contributed by atoms with Gasteiger partial charge in [-0.2, -0.15) is 0 Å². The highest BCUT2D eigenvalue weighted by Gasteiger charge is 2.10. The van der Waals surface area contributed by atoms with Gasteiger partial charge >= 0.3 is 0 Å². The van der Waals surface area contributed by atoms with E-state index in [9.17, 15) is 4.79 Å². The number of Topliss-reactive ketones (excluding diaryl/α,β-unsaturated/α-hetero) is 1. The highest BCUT2D eigenvalue weighted by molar-refractivity contribution is 6.16. The van der Waals surface area contributed by atoms with Crippen LogP contribution in [0.5, 0.6) is 5.75 Å². The van der Waals surface area contributed by atoms with Crippen molar-refractivity contribution in [2.45, 2.75) is 32.8 Å². The van der Waals surface area contributed by atoms with E-state index in [-0.39, 0.29) is 17.8 Å². The number of ether oxygens (including phenoxy) is 1. The SMILES string of the molecule is CC(=O)c1ccc(OC(C)C)c(/N=c2\oc(CCl)cc3ccccc23)c1. The molecule has 0 amide bonds. The third-order valence-electron chi connectivity index (χ3n) is 3.82. The fraction of sp³-hybridized carbons (Fsp3) is 0.238. The van der Waals surface area contributed by atoms with Crippen LogP contribution >= 0.6 is 11.6 Å². The summed E-state index contributed by atoms with van der Waals surface area (Å²) in [5, 5.41) is 1.85. The third-order valence-corrected chi connectivity index (χ3v) is 4.08. The minimum Gasteiger partial charge on any atom is -0.489 e. The number of carbonyl (C=O) groups is 1. The van der Waals surface area contributed by atoms with Crippen LogP contribution in [0.2, 0.25) is 0 Å². The molecule has 1 heterocycles. The van der Waals surface area contributed by atoms with E-state index in [1.54, 1.807) is 18.2 Å². The topological polar surface area (TPSA) is 51.8 Å². The second-order valence-corrected chi connectivity index (χ2v) is 6.52. The molecule has 134 valence electrons. The summed E-state index contributed by atoms with van der Waals surface area (Å²) in [4.78, 5) is 16.4. The Balaban J connectivity index is 2.28. The molecule has 0 fully saturated rings. The highest BCUT2D eigenvalue weighted by atomic mass is 35.5. The molecule has 1 aromatic heterocycles. The molecule has 0 aliphatic heterocycles. The van der Waals surface area contributed by atoms with E-state index in [0.717, 1.165) is 10.8 Å². The molecule has 0 aliphatic carbocycles. The van der Waals surface area contributed by atoms with E-state index in [4.69, 9.17) is 20.8 Å². The van der Waals surface area contributed by atoms with E-state index < -0.39 is 0 Å². The van der Waals surface area contributed by atoms with Gasteiger partial charge in [0.1, 0.15) is 17.2 Å². The minimum atomic E-state index is -0.0335. The maximum atomic E-state index is 11.8. The molecule has 5 heteroatoms. The van der Waals surface area contributed by atoms with Crippen molar-refractivity contribution in [3.63, 3.8) is 0 Å². The lowest BCUT2D eigenvalue weighted by Crippen LogP contribution is -2.08. The molecule has 3 aromatic rings. The molecule has 26 heavy (non-hydrogen) atoms. The first-order valence-corrected chi connectivity index (χ1v) is 8.95. The number of alkyl halides is 1. The number of rotatable bonds is 5. The molecule has 3 rings (SSSR count). The maximum absolute atomic E-state index is 11.8. The number of hydrogen-bond acceptors (Lipinski definition) is 4. The molecule has 0 unspecified atom stereocenters. The fourth-order valence-electron chi connectivity index (χ4n) is 2.64. The lowest BCUT2D eigenvalue weighted by molar-refractivity contribution is 0.101.